The molecule has 0 spiro atoms. The molecule has 8 rings (SSSR count). The summed E-state index contributed by atoms with van der Waals surface area (Å²) in [5.74, 6) is -1.46. The van der Waals surface area contributed by atoms with Crippen LogP contribution in [0, 0.1) is 6.92 Å². The van der Waals surface area contributed by atoms with Gasteiger partial charge in [-0.1, -0.05) is 18.9 Å². The highest BCUT2D eigenvalue weighted by Gasteiger charge is 2.45. The molecule has 4 aromatic rings. The van der Waals surface area contributed by atoms with E-state index in [1.807, 2.05) is 18.3 Å². The van der Waals surface area contributed by atoms with Crippen molar-refractivity contribution in [2.45, 2.75) is 70.9 Å². The lowest BCUT2D eigenvalue weighted by molar-refractivity contribution is -0.136. The molecule has 4 amide bonds. The molecule has 0 bridgehead atoms. The fraction of sp³-hybridized carbons (Fsp3) is 0.452. The molecule has 6 heterocycles. The van der Waals surface area contributed by atoms with Crippen LogP contribution >= 0.6 is 0 Å². The van der Waals surface area contributed by atoms with E-state index in [1.54, 1.807) is 35.9 Å². The third-order valence-electron chi connectivity index (χ3n) is 11.8. The summed E-state index contributed by atoms with van der Waals surface area (Å²) in [5, 5.41) is 9.33. The Hall–Kier alpha value is -6.07. The van der Waals surface area contributed by atoms with Crippen LogP contribution in [0.5, 0.6) is 0 Å². The van der Waals surface area contributed by atoms with Crippen LogP contribution in [0.1, 0.15) is 94.5 Å². The van der Waals surface area contributed by atoms with Crippen LogP contribution in [-0.2, 0) is 14.3 Å². The Balaban J connectivity index is 0.775. The van der Waals surface area contributed by atoms with Crippen molar-refractivity contribution in [3.63, 3.8) is 0 Å². The molecule has 1 atom stereocenters. The minimum absolute atomic E-state index is 0.00266. The summed E-state index contributed by atoms with van der Waals surface area (Å²) < 4.78 is 7.58. The van der Waals surface area contributed by atoms with E-state index < -0.39 is 29.7 Å². The zero-order valence-electron chi connectivity index (χ0n) is 33.3. The Morgan fingerprint density at radius 3 is 2.46 bits per heavy atom. The van der Waals surface area contributed by atoms with Gasteiger partial charge in [0.15, 0.2) is 5.78 Å². The summed E-state index contributed by atoms with van der Waals surface area (Å²) in [5.41, 5.74) is 3.06. The van der Waals surface area contributed by atoms with Crippen molar-refractivity contribution in [3.05, 3.63) is 75.3 Å². The lowest BCUT2D eigenvalue weighted by Gasteiger charge is -2.36. The Bertz CT molecular complexity index is 2370. The number of rotatable bonds is 14. The number of piperidine rings is 1. The van der Waals surface area contributed by atoms with Gasteiger partial charge in [-0.2, -0.15) is 4.98 Å². The molecule has 4 aliphatic rings. The number of piperazine rings is 1. The molecule has 3 N–H and O–H groups in total. The molecule has 59 heavy (non-hydrogen) atoms. The molecule has 1 aromatic carbocycles. The quantitative estimate of drug-likeness (QED) is 0.0949. The summed E-state index contributed by atoms with van der Waals surface area (Å²) in [4.78, 5) is 96.0. The van der Waals surface area contributed by atoms with Gasteiger partial charge in [0.25, 0.3) is 17.4 Å². The normalized spacial score (nSPS) is 18.8. The van der Waals surface area contributed by atoms with Gasteiger partial charge in [0.1, 0.15) is 17.5 Å². The summed E-state index contributed by atoms with van der Waals surface area (Å²) >= 11 is 0. The highest BCUT2D eigenvalue weighted by atomic mass is 16.5. The van der Waals surface area contributed by atoms with Gasteiger partial charge in [0.2, 0.25) is 17.8 Å². The van der Waals surface area contributed by atoms with Crippen LogP contribution in [-0.4, -0.2) is 117 Å². The molecule has 17 heteroatoms. The van der Waals surface area contributed by atoms with Crippen molar-refractivity contribution < 1.29 is 28.7 Å². The molecule has 3 aliphatic heterocycles. The fourth-order valence-electron chi connectivity index (χ4n) is 8.71. The number of nitrogens with one attached hydrogen (secondary N) is 3. The van der Waals surface area contributed by atoms with Crippen molar-refractivity contribution >= 4 is 63.6 Å². The number of imide groups is 2. The van der Waals surface area contributed by atoms with Crippen LogP contribution in [0.2, 0.25) is 0 Å². The second-order valence-electron chi connectivity index (χ2n) is 15.5. The van der Waals surface area contributed by atoms with Gasteiger partial charge < -0.3 is 20.3 Å². The summed E-state index contributed by atoms with van der Waals surface area (Å²) in [6.07, 6.45) is 8.38. The van der Waals surface area contributed by atoms with Gasteiger partial charge in [-0.15, -0.1) is 0 Å². The first-order valence-corrected chi connectivity index (χ1v) is 20.4. The molecule has 308 valence electrons. The molecule has 1 aliphatic carbocycles. The lowest BCUT2D eigenvalue weighted by Crippen LogP contribution is -2.54. The van der Waals surface area contributed by atoms with Crippen LogP contribution < -0.4 is 26.4 Å². The number of carbonyl (C=O) groups excluding carboxylic acids is 5. The number of anilines is 4. The third kappa shape index (κ3) is 8.04. The van der Waals surface area contributed by atoms with E-state index in [-0.39, 0.29) is 46.9 Å². The third-order valence-corrected chi connectivity index (χ3v) is 11.8. The van der Waals surface area contributed by atoms with Gasteiger partial charge in [-0.3, -0.25) is 48.5 Å². The van der Waals surface area contributed by atoms with Gasteiger partial charge in [0, 0.05) is 75.6 Å². The van der Waals surface area contributed by atoms with Crippen molar-refractivity contribution in [2.75, 3.05) is 68.0 Å². The Morgan fingerprint density at radius 2 is 1.73 bits per heavy atom. The molecule has 1 saturated carbocycles. The van der Waals surface area contributed by atoms with Gasteiger partial charge in [-0.05, 0) is 69.4 Å². The maximum Gasteiger partial charge on any atom is 0.264 e. The summed E-state index contributed by atoms with van der Waals surface area (Å²) in [6.45, 7) is 9.05. The molecule has 2 saturated heterocycles. The summed E-state index contributed by atoms with van der Waals surface area (Å²) in [7, 11) is 0. The number of amides is 4. The topological polar surface area (TPSA) is 201 Å². The van der Waals surface area contributed by atoms with Crippen molar-refractivity contribution in [1.82, 2.24) is 34.6 Å². The number of ketones is 1. The molecular formula is C42H48N10O7. The predicted octanol–water partition coefficient (Wildman–Crippen LogP) is 3.60. The van der Waals surface area contributed by atoms with Gasteiger partial charge in [-0.25, -0.2) is 9.97 Å². The van der Waals surface area contributed by atoms with E-state index in [4.69, 9.17) is 9.72 Å². The standard InChI is InChI=1S/C42H48N10O7/c1-25-30-24-45-42(48-37(30)51(27-7-3-4-8-27)40(57)35(25)26(2)53)46-33-13-11-28(23-44-33)50-19-17-49(18-20-50)16-6-21-59-22-15-43-31-10-5-9-29-36(31)41(58)52(39(29)56)32-12-14-34(54)47-38(32)55/h5,9-11,13,23-24,27,32,43H,3-4,6-8,12,14-22H2,1-2H3,(H,47,54,55)(H,44,45,46,48). The maximum absolute atomic E-state index is 13.5. The SMILES string of the molecule is CC(=O)c1c(C)c2cnc(Nc3ccc(N4CCN(CCCOCCNc5cccc6c5C(=O)N(C5CCC(=O)NC5=O)C6=O)CC4)cn3)nc2n(C2CCCC2)c1=O. The number of ether oxygens (including phenoxy) is 1. The lowest BCUT2D eigenvalue weighted by atomic mass is 10.0. The number of aromatic nitrogens is 4. The number of pyridine rings is 2. The largest absolute Gasteiger partial charge is 0.382 e. The first kappa shape index (κ1) is 39.7. The molecule has 17 nitrogen and oxygen atoms in total. The zero-order valence-corrected chi connectivity index (χ0v) is 33.3. The van der Waals surface area contributed by atoms with E-state index in [0.717, 1.165) is 75.4 Å². The monoisotopic (exact) mass is 804 g/mol. The fourth-order valence-corrected chi connectivity index (χ4v) is 8.71. The minimum Gasteiger partial charge on any atom is -0.382 e. The Morgan fingerprint density at radius 1 is 0.932 bits per heavy atom. The van der Waals surface area contributed by atoms with Crippen LogP contribution in [0.25, 0.3) is 11.0 Å². The van der Waals surface area contributed by atoms with Crippen molar-refractivity contribution in [3.8, 4) is 0 Å². The van der Waals surface area contributed by atoms with Gasteiger partial charge >= 0.3 is 0 Å². The number of aryl methyl sites for hydroxylation is 1. The first-order chi connectivity index (χ1) is 28.6. The number of hydrogen-bond acceptors (Lipinski definition) is 14. The number of hydrogen-bond donors (Lipinski definition) is 3. The molecule has 3 fully saturated rings. The second kappa shape index (κ2) is 17.0. The highest BCUT2D eigenvalue weighted by Crippen LogP contribution is 2.34. The molecule has 1 unspecified atom stereocenters. The van der Waals surface area contributed by atoms with Crippen LogP contribution in [0.3, 0.4) is 0 Å². The molecule has 0 radical (unpaired) electrons. The second-order valence-corrected chi connectivity index (χ2v) is 15.5. The smallest absolute Gasteiger partial charge is 0.264 e. The summed E-state index contributed by atoms with van der Waals surface area (Å²) in [6, 6.07) is 7.91. The average Bonchev–Trinajstić information content (AvgIpc) is 3.84. The number of nitrogens with zero attached hydrogens (tertiary/aromatic N) is 7. The molecular weight excluding hydrogens is 757 g/mol. The number of benzene rings is 1. The van der Waals surface area contributed by atoms with Crippen molar-refractivity contribution in [2.24, 2.45) is 0 Å². The maximum atomic E-state index is 13.5. The first-order valence-electron chi connectivity index (χ1n) is 20.4. The highest BCUT2D eigenvalue weighted by molar-refractivity contribution is 6.25. The Labute approximate surface area is 340 Å². The molecule has 3 aromatic heterocycles. The Kier molecular flexibility index (Phi) is 11.5. The average molecular weight is 805 g/mol. The predicted molar refractivity (Wildman–Crippen MR) is 219 cm³/mol. The van der Waals surface area contributed by atoms with E-state index in [1.165, 1.54) is 6.92 Å². The van der Waals surface area contributed by atoms with E-state index in [2.05, 4.69) is 35.7 Å². The van der Waals surface area contributed by atoms with Crippen molar-refractivity contribution in [1.29, 1.82) is 0 Å². The van der Waals surface area contributed by atoms with Crippen LogP contribution in [0.4, 0.5) is 23.1 Å². The number of fused-ring (bicyclic) bond motifs is 2. The van der Waals surface area contributed by atoms with Crippen LogP contribution in [0.15, 0.2) is 47.5 Å². The van der Waals surface area contributed by atoms with E-state index in [9.17, 15) is 28.8 Å². The number of carbonyl (C=O) groups is 5. The number of Topliss-reactive ketones (excluding diaryl/α,β-unsaturated/α-hetero) is 1. The van der Waals surface area contributed by atoms with E-state index in [0.29, 0.717) is 53.8 Å². The zero-order chi connectivity index (χ0) is 41.2. The van der Waals surface area contributed by atoms with Gasteiger partial charge in [0.05, 0.1) is 35.2 Å². The minimum atomic E-state index is -1.01. The van der Waals surface area contributed by atoms with E-state index >= 15 is 0 Å².